The molecule has 600 valence electrons. The Morgan fingerprint density at radius 3 is 0.752 bits per heavy atom. The van der Waals surface area contributed by atoms with Crippen LogP contribution < -0.4 is 0 Å². The summed E-state index contributed by atoms with van der Waals surface area (Å²) in [5.74, 6) is -0.487. The number of hydrogen-bond acceptors (Lipinski definition) is 15. The van der Waals surface area contributed by atoms with Crippen molar-refractivity contribution < 1.29 is 80.2 Å². The van der Waals surface area contributed by atoms with Crippen molar-refractivity contribution in [2.75, 3.05) is 39.6 Å². The van der Waals surface area contributed by atoms with Gasteiger partial charge in [0, 0.05) is 25.7 Å². The van der Waals surface area contributed by atoms with Gasteiger partial charge in [-0.3, -0.25) is 37.3 Å². The first-order chi connectivity index (χ1) is 48.9. The molecule has 0 fully saturated rings. The Morgan fingerprint density at radius 2 is 0.505 bits per heavy atom. The van der Waals surface area contributed by atoms with Crippen molar-refractivity contribution in [3.05, 3.63) is 0 Å². The van der Waals surface area contributed by atoms with Gasteiger partial charge >= 0.3 is 39.5 Å². The van der Waals surface area contributed by atoms with E-state index in [1.165, 1.54) is 244 Å². The van der Waals surface area contributed by atoms with Crippen LogP contribution in [0.4, 0.5) is 0 Å². The van der Waals surface area contributed by atoms with E-state index in [2.05, 4.69) is 41.5 Å². The molecule has 101 heavy (non-hydrogen) atoms. The molecule has 0 radical (unpaired) electrons. The summed E-state index contributed by atoms with van der Waals surface area (Å²) in [4.78, 5) is 73.0. The molecule has 0 aliphatic carbocycles. The van der Waals surface area contributed by atoms with Crippen molar-refractivity contribution in [1.82, 2.24) is 0 Å². The third-order valence-corrected chi connectivity index (χ3v) is 21.5. The van der Waals surface area contributed by atoms with Crippen LogP contribution in [0, 0.1) is 11.8 Å². The number of carbonyl (C=O) groups excluding carboxylic acids is 4. The number of phosphoric acid groups is 2. The maximum atomic E-state index is 13.1. The maximum absolute atomic E-state index is 13.1. The predicted octanol–water partition coefficient (Wildman–Crippen LogP) is 24.7. The van der Waals surface area contributed by atoms with Crippen LogP contribution in [0.1, 0.15) is 433 Å². The van der Waals surface area contributed by atoms with Gasteiger partial charge in [-0.2, -0.15) is 0 Å². The molecule has 0 saturated carbocycles. The SMILES string of the molecule is CCCCCCCCCCCCCCCCCCCCC(=O)OC[C@H](COP(=O)(O)OC[C@@H](O)COP(=O)(O)OC[C@@H](COC(=O)CCCCCCCCCC)OC(=O)CCCCCCCCCCCCC(C)CC)OC(=O)CCCCCCCCCCCCCCCCCCCCC(C)C. The number of unbranched alkanes of at least 4 members (excludes halogenated alkanes) is 50. The number of phosphoric ester groups is 2. The van der Waals surface area contributed by atoms with Crippen molar-refractivity contribution in [2.24, 2.45) is 11.8 Å². The van der Waals surface area contributed by atoms with Crippen LogP contribution in [0.15, 0.2) is 0 Å². The molecule has 19 heteroatoms. The molecule has 0 bridgehead atoms. The molecule has 0 aromatic carbocycles. The van der Waals surface area contributed by atoms with E-state index in [1.54, 1.807) is 0 Å². The van der Waals surface area contributed by atoms with Crippen LogP contribution in [0.25, 0.3) is 0 Å². The molecule has 0 spiro atoms. The van der Waals surface area contributed by atoms with Crippen molar-refractivity contribution in [3.63, 3.8) is 0 Å². The van der Waals surface area contributed by atoms with Gasteiger partial charge in [-0.05, 0) is 37.5 Å². The smallest absolute Gasteiger partial charge is 0.462 e. The van der Waals surface area contributed by atoms with Gasteiger partial charge < -0.3 is 33.8 Å². The van der Waals surface area contributed by atoms with Crippen molar-refractivity contribution in [2.45, 2.75) is 452 Å². The summed E-state index contributed by atoms with van der Waals surface area (Å²) >= 11 is 0. The molecule has 0 aliphatic rings. The average molecular weight is 1480 g/mol. The van der Waals surface area contributed by atoms with E-state index in [4.69, 9.17) is 37.0 Å². The van der Waals surface area contributed by atoms with Gasteiger partial charge in [-0.25, -0.2) is 9.13 Å². The van der Waals surface area contributed by atoms with Crippen molar-refractivity contribution in [1.29, 1.82) is 0 Å². The first-order valence-electron chi connectivity index (χ1n) is 42.5. The lowest BCUT2D eigenvalue weighted by Gasteiger charge is -2.21. The number of aliphatic hydroxyl groups is 1. The third-order valence-electron chi connectivity index (χ3n) is 19.6. The van der Waals surface area contributed by atoms with Gasteiger partial charge in [0.25, 0.3) is 0 Å². The number of carbonyl (C=O) groups is 4. The van der Waals surface area contributed by atoms with Crippen LogP contribution in [0.5, 0.6) is 0 Å². The zero-order valence-electron chi connectivity index (χ0n) is 66.2. The fourth-order valence-corrected chi connectivity index (χ4v) is 14.3. The molecule has 0 aromatic rings. The molecular weight excluding hydrogens is 1320 g/mol. The Balaban J connectivity index is 5.19. The summed E-state index contributed by atoms with van der Waals surface area (Å²) in [6, 6.07) is 0. The lowest BCUT2D eigenvalue weighted by molar-refractivity contribution is -0.161. The minimum Gasteiger partial charge on any atom is -0.462 e. The quantitative estimate of drug-likeness (QED) is 0.0222. The van der Waals surface area contributed by atoms with Gasteiger partial charge in [-0.1, -0.05) is 382 Å². The van der Waals surface area contributed by atoms with E-state index >= 15 is 0 Å². The van der Waals surface area contributed by atoms with Crippen molar-refractivity contribution in [3.8, 4) is 0 Å². The van der Waals surface area contributed by atoms with Gasteiger partial charge in [0.05, 0.1) is 26.4 Å². The maximum Gasteiger partial charge on any atom is 0.472 e. The summed E-state index contributed by atoms with van der Waals surface area (Å²) in [6.45, 7) is 9.67. The summed E-state index contributed by atoms with van der Waals surface area (Å²) in [5.41, 5.74) is 0. The fraction of sp³-hybridized carbons (Fsp3) is 0.951. The molecule has 0 rings (SSSR count). The number of aliphatic hydroxyl groups excluding tert-OH is 1. The molecule has 17 nitrogen and oxygen atoms in total. The zero-order chi connectivity index (χ0) is 74.2. The zero-order valence-corrected chi connectivity index (χ0v) is 68.0. The highest BCUT2D eigenvalue weighted by atomic mass is 31.2. The molecule has 0 aromatic heterocycles. The van der Waals surface area contributed by atoms with Crippen LogP contribution in [-0.4, -0.2) is 96.7 Å². The Morgan fingerprint density at radius 1 is 0.287 bits per heavy atom. The summed E-state index contributed by atoms with van der Waals surface area (Å²) in [5, 5.41) is 10.6. The van der Waals surface area contributed by atoms with Crippen LogP contribution in [-0.2, 0) is 65.4 Å². The second-order valence-electron chi connectivity index (χ2n) is 30.2. The van der Waals surface area contributed by atoms with E-state index < -0.39 is 97.5 Å². The number of ether oxygens (including phenoxy) is 4. The number of rotatable bonds is 81. The van der Waals surface area contributed by atoms with Gasteiger partial charge in [0.2, 0.25) is 0 Å². The molecule has 3 N–H and O–H groups in total. The second kappa shape index (κ2) is 73.6. The predicted molar refractivity (Wildman–Crippen MR) is 414 cm³/mol. The van der Waals surface area contributed by atoms with E-state index in [-0.39, 0.29) is 25.7 Å². The second-order valence-corrected chi connectivity index (χ2v) is 33.1. The molecule has 6 atom stereocenters. The molecule has 3 unspecified atom stereocenters. The molecule has 0 heterocycles. The first-order valence-corrected chi connectivity index (χ1v) is 45.5. The largest absolute Gasteiger partial charge is 0.472 e. The van der Waals surface area contributed by atoms with Gasteiger partial charge in [0.15, 0.2) is 12.2 Å². The summed E-state index contributed by atoms with van der Waals surface area (Å²) in [7, 11) is -9.92. The Kier molecular flexibility index (Phi) is 72.2. The van der Waals surface area contributed by atoms with E-state index in [9.17, 15) is 43.2 Å². The normalized spacial score (nSPS) is 14.2. The Hall–Kier alpha value is -1.94. The third kappa shape index (κ3) is 74.7. The molecule has 0 amide bonds. The lowest BCUT2D eigenvalue weighted by atomic mass is 9.99. The summed E-state index contributed by atoms with van der Waals surface area (Å²) in [6.07, 6.45) is 63.9. The Labute approximate surface area is 619 Å². The van der Waals surface area contributed by atoms with Crippen molar-refractivity contribution >= 4 is 39.5 Å². The topological polar surface area (TPSA) is 237 Å². The highest BCUT2D eigenvalue weighted by molar-refractivity contribution is 7.47. The number of hydrogen-bond donors (Lipinski definition) is 3. The summed E-state index contributed by atoms with van der Waals surface area (Å²) < 4.78 is 68.7. The van der Waals surface area contributed by atoms with E-state index in [0.717, 1.165) is 108 Å². The fourth-order valence-electron chi connectivity index (χ4n) is 12.7. The van der Waals surface area contributed by atoms with Crippen LogP contribution in [0.2, 0.25) is 0 Å². The van der Waals surface area contributed by atoms with Crippen LogP contribution in [0.3, 0.4) is 0 Å². The van der Waals surface area contributed by atoms with E-state index in [0.29, 0.717) is 25.7 Å². The number of esters is 4. The highest BCUT2D eigenvalue weighted by Gasteiger charge is 2.30. The average Bonchev–Trinajstić information content (AvgIpc) is 0.941. The molecule has 0 aliphatic heterocycles. The first kappa shape index (κ1) is 99.1. The monoisotopic (exact) mass is 1480 g/mol. The minimum atomic E-state index is -4.96. The van der Waals surface area contributed by atoms with Gasteiger partial charge in [0.1, 0.15) is 19.3 Å². The lowest BCUT2D eigenvalue weighted by Crippen LogP contribution is -2.30. The minimum absolute atomic E-state index is 0.106. The van der Waals surface area contributed by atoms with Crippen LogP contribution >= 0.6 is 15.6 Å². The highest BCUT2D eigenvalue weighted by Crippen LogP contribution is 2.45. The standard InChI is InChI=1S/C82H160O17P2/c1-7-10-12-14-16-18-19-20-21-22-26-29-32-35-41-47-53-59-65-80(85)93-71-78(99-81(86)66-60-54-48-42-36-33-30-27-24-23-25-28-31-34-39-44-50-56-62-74(4)5)73-97-101(90,91)95-69-76(83)68-94-100(88,89)96-72-77(70-92-79(84)64-58-52-46-17-15-13-11-8-2)98-82(87)67-61-55-49-43-38-37-40-45-51-57-63-75(6)9-3/h74-78,83H,7-73H2,1-6H3,(H,88,89)(H,90,91)/t75?,76-,77+,78+/m0/s1. The Bertz CT molecular complexity index is 1940. The van der Waals surface area contributed by atoms with Gasteiger partial charge in [-0.15, -0.1) is 0 Å². The molecule has 0 saturated heterocycles. The molecular formula is C82H160O17P2. The van der Waals surface area contributed by atoms with E-state index in [1.807, 2.05) is 0 Å².